The average Bonchev–Trinajstić information content (AvgIpc) is 2.61. The molecule has 0 atom stereocenters. The van der Waals surface area contributed by atoms with Gasteiger partial charge in [-0.25, -0.2) is 0 Å². The number of benzene rings is 2. The molecule has 3 nitrogen and oxygen atoms in total. The molecule has 0 radical (unpaired) electrons. The van der Waals surface area contributed by atoms with Crippen molar-refractivity contribution >= 4 is 5.78 Å². The summed E-state index contributed by atoms with van der Waals surface area (Å²) in [5.41, 5.74) is 2.38. The summed E-state index contributed by atoms with van der Waals surface area (Å²) in [6, 6.07) is 11.7. The van der Waals surface area contributed by atoms with Crippen molar-refractivity contribution in [2.24, 2.45) is 0 Å². The number of hydrogen-bond donors (Lipinski definition) is 1. The molecule has 0 aromatic heterocycles. The van der Waals surface area contributed by atoms with E-state index in [9.17, 15) is 13.6 Å². The van der Waals surface area contributed by atoms with E-state index in [-0.39, 0.29) is 23.2 Å². The van der Waals surface area contributed by atoms with Crippen LogP contribution in [-0.4, -0.2) is 18.4 Å². The number of ether oxygens (including phenoxy) is 1. The minimum atomic E-state index is -3.06. The summed E-state index contributed by atoms with van der Waals surface area (Å²) < 4.78 is 34.9. The second kappa shape index (κ2) is 9.09. The SMILES string of the molecule is CCc1cc(CNCC(F)(F)c2ccccc2OC(C)C)ccc1C(C)=O. The van der Waals surface area contributed by atoms with Gasteiger partial charge in [0.15, 0.2) is 5.78 Å². The van der Waals surface area contributed by atoms with Crippen LogP contribution in [0.15, 0.2) is 42.5 Å². The molecule has 0 saturated heterocycles. The van der Waals surface area contributed by atoms with E-state index in [1.165, 1.54) is 13.0 Å². The lowest BCUT2D eigenvalue weighted by atomic mass is 9.99. The maximum Gasteiger partial charge on any atom is 0.288 e. The Bertz CT molecular complexity index is 788. The van der Waals surface area contributed by atoms with Gasteiger partial charge in [0.1, 0.15) is 5.75 Å². The molecule has 5 heteroatoms. The van der Waals surface area contributed by atoms with Crippen molar-refractivity contribution in [3.8, 4) is 5.75 Å². The van der Waals surface area contributed by atoms with Crippen molar-refractivity contribution in [1.29, 1.82) is 0 Å². The lowest BCUT2D eigenvalue weighted by Crippen LogP contribution is -2.31. The van der Waals surface area contributed by atoms with E-state index in [4.69, 9.17) is 4.74 Å². The van der Waals surface area contributed by atoms with Gasteiger partial charge in [-0.2, -0.15) is 8.78 Å². The second-order valence-corrected chi connectivity index (χ2v) is 6.87. The van der Waals surface area contributed by atoms with Crippen LogP contribution in [0.2, 0.25) is 0 Å². The van der Waals surface area contributed by atoms with E-state index in [1.807, 2.05) is 26.8 Å². The zero-order chi connectivity index (χ0) is 20.0. The van der Waals surface area contributed by atoms with Crippen LogP contribution in [0.3, 0.4) is 0 Å². The average molecular weight is 375 g/mol. The number of hydrogen-bond acceptors (Lipinski definition) is 3. The van der Waals surface area contributed by atoms with Crippen LogP contribution in [0, 0.1) is 0 Å². The Morgan fingerprint density at radius 2 is 1.89 bits per heavy atom. The van der Waals surface area contributed by atoms with E-state index in [0.29, 0.717) is 12.1 Å². The van der Waals surface area contributed by atoms with Gasteiger partial charge in [0, 0.05) is 12.1 Å². The first-order chi connectivity index (χ1) is 12.7. The molecule has 0 aliphatic rings. The van der Waals surface area contributed by atoms with Crippen LogP contribution in [0.25, 0.3) is 0 Å². The molecule has 1 N–H and O–H groups in total. The Morgan fingerprint density at radius 3 is 2.52 bits per heavy atom. The van der Waals surface area contributed by atoms with Gasteiger partial charge in [-0.15, -0.1) is 0 Å². The summed E-state index contributed by atoms with van der Waals surface area (Å²) in [4.78, 5) is 11.6. The van der Waals surface area contributed by atoms with Crippen LogP contribution in [0.1, 0.15) is 54.7 Å². The molecule has 0 fully saturated rings. The number of aryl methyl sites for hydroxylation is 1. The lowest BCUT2D eigenvalue weighted by molar-refractivity contribution is -0.00674. The molecule has 2 aromatic rings. The van der Waals surface area contributed by atoms with E-state index >= 15 is 0 Å². The molecular weight excluding hydrogens is 348 g/mol. The number of rotatable bonds is 9. The predicted molar refractivity (Wildman–Crippen MR) is 104 cm³/mol. The van der Waals surface area contributed by atoms with Crippen molar-refractivity contribution in [1.82, 2.24) is 5.32 Å². The molecule has 0 saturated carbocycles. The van der Waals surface area contributed by atoms with Crippen molar-refractivity contribution < 1.29 is 18.3 Å². The van der Waals surface area contributed by atoms with Crippen LogP contribution in [-0.2, 0) is 18.9 Å². The first-order valence-electron chi connectivity index (χ1n) is 9.22. The highest BCUT2D eigenvalue weighted by molar-refractivity contribution is 5.95. The van der Waals surface area contributed by atoms with Gasteiger partial charge in [0.05, 0.1) is 18.2 Å². The van der Waals surface area contributed by atoms with Crippen molar-refractivity contribution in [2.45, 2.75) is 52.7 Å². The Labute approximate surface area is 159 Å². The fraction of sp³-hybridized carbons (Fsp3) is 0.409. The number of nitrogens with one attached hydrogen (secondary N) is 1. The highest BCUT2D eigenvalue weighted by atomic mass is 19.3. The third-order valence-electron chi connectivity index (χ3n) is 4.25. The van der Waals surface area contributed by atoms with Gasteiger partial charge in [0.2, 0.25) is 0 Å². The number of Topliss-reactive ketones (excluding diaryl/α,β-unsaturated/α-hetero) is 1. The van der Waals surface area contributed by atoms with Crippen molar-refractivity contribution in [3.63, 3.8) is 0 Å². The number of halogens is 2. The zero-order valence-electron chi connectivity index (χ0n) is 16.3. The van der Waals surface area contributed by atoms with Gasteiger partial charge < -0.3 is 10.1 Å². The van der Waals surface area contributed by atoms with Gasteiger partial charge in [-0.3, -0.25) is 4.79 Å². The minimum absolute atomic E-state index is 0.0136. The third kappa shape index (κ3) is 5.60. The third-order valence-corrected chi connectivity index (χ3v) is 4.25. The molecule has 0 amide bonds. The van der Waals surface area contributed by atoms with Crippen LogP contribution in [0.5, 0.6) is 5.75 Å². The smallest absolute Gasteiger partial charge is 0.288 e. The molecule has 0 unspecified atom stereocenters. The highest BCUT2D eigenvalue weighted by Gasteiger charge is 2.34. The Kier molecular flexibility index (Phi) is 7.08. The molecule has 0 aliphatic carbocycles. The maximum absolute atomic E-state index is 14.7. The summed E-state index contributed by atoms with van der Waals surface area (Å²) in [6.07, 6.45) is 0.543. The number of para-hydroxylation sites is 1. The Morgan fingerprint density at radius 1 is 1.19 bits per heavy atom. The Hall–Kier alpha value is -2.27. The number of alkyl halides is 2. The minimum Gasteiger partial charge on any atom is -0.490 e. The summed E-state index contributed by atoms with van der Waals surface area (Å²) in [7, 11) is 0. The Balaban J connectivity index is 2.07. The molecule has 146 valence electrons. The fourth-order valence-corrected chi connectivity index (χ4v) is 2.98. The summed E-state index contributed by atoms with van der Waals surface area (Å²) >= 11 is 0. The summed E-state index contributed by atoms with van der Waals surface area (Å²) in [6.45, 7) is 6.92. The van der Waals surface area contributed by atoms with E-state index in [0.717, 1.165) is 17.5 Å². The van der Waals surface area contributed by atoms with Crippen molar-refractivity contribution in [3.05, 3.63) is 64.7 Å². The van der Waals surface area contributed by atoms with E-state index < -0.39 is 12.5 Å². The van der Waals surface area contributed by atoms with Crippen LogP contribution < -0.4 is 10.1 Å². The van der Waals surface area contributed by atoms with Gasteiger partial charge >= 0.3 is 0 Å². The predicted octanol–water partition coefficient (Wildman–Crippen LogP) is 5.12. The normalized spacial score (nSPS) is 11.7. The quantitative estimate of drug-likeness (QED) is 0.618. The van der Waals surface area contributed by atoms with Gasteiger partial charge in [0.25, 0.3) is 5.92 Å². The molecule has 2 rings (SSSR count). The monoisotopic (exact) mass is 375 g/mol. The first-order valence-corrected chi connectivity index (χ1v) is 9.22. The molecule has 0 aliphatic heterocycles. The largest absolute Gasteiger partial charge is 0.490 e. The molecule has 0 bridgehead atoms. The molecular formula is C22H27F2NO2. The fourth-order valence-electron chi connectivity index (χ4n) is 2.98. The molecule has 2 aromatic carbocycles. The summed E-state index contributed by atoms with van der Waals surface area (Å²) in [5, 5.41) is 2.83. The first kappa shape index (κ1) is 21.0. The molecule has 0 heterocycles. The van der Waals surface area contributed by atoms with Crippen LogP contribution >= 0.6 is 0 Å². The molecule has 0 spiro atoms. The van der Waals surface area contributed by atoms with Gasteiger partial charge in [-0.05, 0) is 50.5 Å². The van der Waals surface area contributed by atoms with E-state index in [1.54, 1.807) is 30.3 Å². The van der Waals surface area contributed by atoms with Crippen LogP contribution in [0.4, 0.5) is 8.78 Å². The second-order valence-electron chi connectivity index (χ2n) is 6.87. The van der Waals surface area contributed by atoms with Gasteiger partial charge in [-0.1, -0.05) is 37.3 Å². The van der Waals surface area contributed by atoms with Crippen molar-refractivity contribution in [2.75, 3.05) is 6.54 Å². The zero-order valence-corrected chi connectivity index (χ0v) is 16.3. The number of carbonyl (C=O) groups is 1. The highest BCUT2D eigenvalue weighted by Crippen LogP contribution is 2.35. The standard InChI is InChI=1S/C22H27F2NO2/c1-5-18-12-17(10-11-19(18)16(4)26)13-25-14-22(23,24)20-8-6-7-9-21(20)27-15(2)3/h6-12,15,25H,5,13-14H2,1-4H3. The van der Waals surface area contributed by atoms with E-state index in [2.05, 4.69) is 5.32 Å². The lowest BCUT2D eigenvalue weighted by Gasteiger charge is -2.22. The summed E-state index contributed by atoms with van der Waals surface area (Å²) in [5.74, 6) is -2.84. The number of ketones is 1. The topological polar surface area (TPSA) is 38.3 Å². The molecule has 27 heavy (non-hydrogen) atoms. The number of carbonyl (C=O) groups excluding carboxylic acids is 1. The maximum atomic E-state index is 14.7.